The van der Waals surface area contributed by atoms with Crippen molar-refractivity contribution in [2.24, 2.45) is 0 Å². The van der Waals surface area contributed by atoms with Crippen LogP contribution in [0.3, 0.4) is 0 Å². The van der Waals surface area contributed by atoms with Crippen molar-refractivity contribution in [1.29, 1.82) is 0 Å². The van der Waals surface area contributed by atoms with Crippen LogP contribution in [0.5, 0.6) is 0 Å². The predicted molar refractivity (Wildman–Crippen MR) is 133 cm³/mol. The summed E-state index contributed by atoms with van der Waals surface area (Å²) in [6.45, 7) is 3.57. The van der Waals surface area contributed by atoms with Gasteiger partial charge in [0.25, 0.3) is 11.8 Å². The molecule has 9 heteroatoms. The summed E-state index contributed by atoms with van der Waals surface area (Å²) in [7, 11) is 0. The Kier molecular flexibility index (Phi) is 7.45. The summed E-state index contributed by atoms with van der Waals surface area (Å²) in [5.41, 5.74) is -0.830. The van der Waals surface area contributed by atoms with Gasteiger partial charge in [0, 0.05) is 30.3 Å². The summed E-state index contributed by atoms with van der Waals surface area (Å²) in [6, 6.07) is 16.4. The lowest BCUT2D eigenvalue weighted by Gasteiger charge is -2.50. The van der Waals surface area contributed by atoms with E-state index in [0.717, 1.165) is 12.2 Å². The highest BCUT2D eigenvalue weighted by Gasteiger charge is 2.62. The Balaban J connectivity index is 1.39. The fourth-order valence-electron chi connectivity index (χ4n) is 4.68. The van der Waals surface area contributed by atoms with Crippen molar-refractivity contribution >= 4 is 41.1 Å². The molecular formula is C26H29N3O5S. The van der Waals surface area contributed by atoms with Gasteiger partial charge in [-0.1, -0.05) is 30.3 Å². The molecule has 1 fully saturated rings. The third-order valence-electron chi connectivity index (χ3n) is 6.13. The molecule has 1 unspecified atom stereocenters. The second-order valence-corrected chi connectivity index (χ2v) is 9.94. The summed E-state index contributed by atoms with van der Waals surface area (Å²) < 4.78 is 5.42. The van der Waals surface area contributed by atoms with E-state index in [1.165, 1.54) is 14.7 Å². The smallest absolute Gasteiger partial charge is 0.354 e. The summed E-state index contributed by atoms with van der Waals surface area (Å²) in [5, 5.41) is 2.76. The van der Waals surface area contributed by atoms with Gasteiger partial charge in [-0.25, -0.2) is 4.79 Å². The molecule has 1 saturated heterocycles. The van der Waals surface area contributed by atoms with E-state index in [2.05, 4.69) is 5.32 Å². The van der Waals surface area contributed by atoms with Gasteiger partial charge in [0.15, 0.2) is 6.61 Å². The molecule has 2 aliphatic heterocycles. The zero-order chi connectivity index (χ0) is 25.0. The minimum absolute atomic E-state index is 0.102. The molecule has 0 aliphatic carbocycles. The zero-order valence-electron chi connectivity index (χ0n) is 19.9. The monoisotopic (exact) mass is 495 g/mol. The lowest BCUT2D eigenvalue weighted by Crippen LogP contribution is -2.70. The van der Waals surface area contributed by atoms with Crippen molar-refractivity contribution in [3.05, 3.63) is 60.2 Å². The number of rotatable bonds is 9. The van der Waals surface area contributed by atoms with Gasteiger partial charge in [-0.3, -0.25) is 19.3 Å². The van der Waals surface area contributed by atoms with E-state index in [9.17, 15) is 19.2 Å². The van der Waals surface area contributed by atoms with Crippen molar-refractivity contribution in [1.82, 2.24) is 10.2 Å². The van der Waals surface area contributed by atoms with E-state index >= 15 is 0 Å². The number of anilines is 1. The number of hydrogen-bond donors (Lipinski definition) is 1. The largest absolute Gasteiger partial charge is 0.452 e. The van der Waals surface area contributed by atoms with Crippen LogP contribution in [-0.4, -0.2) is 59.2 Å². The number of esters is 1. The minimum atomic E-state index is -1.59. The number of benzene rings is 2. The molecule has 0 saturated carbocycles. The van der Waals surface area contributed by atoms with Crippen molar-refractivity contribution in [2.45, 2.75) is 49.7 Å². The fraction of sp³-hybridized carbons (Fsp3) is 0.385. The molecule has 35 heavy (non-hydrogen) atoms. The van der Waals surface area contributed by atoms with Crippen molar-refractivity contribution in [2.75, 3.05) is 23.8 Å². The van der Waals surface area contributed by atoms with Crippen LogP contribution in [0.4, 0.5) is 5.69 Å². The third-order valence-corrected chi connectivity index (χ3v) is 7.23. The zero-order valence-corrected chi connectivity index (χ0v) is 20.7. The first-order valence-electron chi connectivity index (χ1n) is 11.7. The number of hydrogen-bond acceptors (Lipinski definition) is 6. The molecule has 184 valence electrons. The Morgan fingerprint density at radius 2 is 1.80 bits per heavy atom. The van der Waals surface area contributed by atoms with Gasteiger partial charge in [-0.2, -0.15) is 0 Å². The molecule has 8 nitrogen and oxygen atoms in total. The molecule has 2 heterocycles. The lowest BCUT2D eigenvalue weighted by molar-refractivity contribution is -0.161. The van der Waals surface area contributed by atoms with Gasteiger partial charge in [-0.05, 0) is 50.3 Å². The Bertz CT molecular complexity index is 1120. The van der Waals surface area contributed by atoms with Crippen LogP contribution >= 0.6 is 11.8 Å². The van der Waals surface area contributed by atoms with Crippen molar-refractivity contribution < 1.29 is 23.9 Å². The molecule has 2 aromatic rings. The maximum atomic E-state index is 13.5. The average Bonchev–Trinajstić information content (AvgIpc) is 3.20. The number of nitrogens with zero attached hydrogens (tertiary/aromatic N) is 2. The van der Waals surface area contributed by atoms with E-state index in [0.29, 0.717) is 17.8 Å². The quantitative estimate of drug-likeness (QED) is 0.326. The fourth-order valence-corrected chi connectivity index (χ4v) is 5.55. The molecule has 0 radical (unpaired) electrons. The molecule has 0 aromatic heterocycles. The number of carbonyl (C=O) groups is 4. The second-order valence-electron chi connectivity index (χ2n) is 8.77. The van der Waals surface area contributed by atoms with Crippen LogP contribution in [0.2, 0.25) is 0 Å². The highest BCUT2D eigenvalue weighted by Crippen LogP contribution is 2.45. The molecule has 4 rings (SSSR count). The van der Waals surface area contributed by atoms with E-state index < -0.39 is 24.1 Å². The van der Waals surface area contributed by atoms with Crippen LogP contribution in [0.15, 0.2) is 59.5 Å². The predicted octanol–water partition coefficient (Wildman–Crippen LogP) is 3.22. The Hall–Kier alpha value is -3.33. The maximum absolute atomic E-state index is 13.5. The van der Waals surface area contributed by atoms with E-state index in [1.807, 2.05) is 30.3 Å². The van der Waals surface area contributed by atoms with Crippen molar-refractivity contribution in [3.8, 4) is 0 Å². The van der Waals surface area contributed by atoms with Gasteiger partial charge in [-0.15, -0.1) is 11.8 Å². The van der Waals surface area contributed by atoms with Gasteiger partial charge < -0.3 is 15.0 Å². The third kappa shape index (κ3) is 4.77. The topological polar surface area (TPSA) is 96.0 Å². The number of nitrogens with one attached hydrogen (secondary N) is 1. The SMILES string of the molecule is CC(C)N1C(=O)c2ccccc2N2C(=O)CCC21C(=O)OCC(=O)NCCCSc1ccccc1. The van der Waals surface area contributed by atoms with Crippen LogP contribution in [0.25, 0.3) is 0 Å². The van der Waals surface area contributed by atoms with Crippen LogP contribution in [-0.2, 0) is 19.1 Å². The molecule has 1 atom stereocenters. The molecule has 0 spiro atoms. The van der Waals surface area contributed by atoms with Crippen LogP contribution in [0, 0.1) is 0 Å². The van der Waals surface area contributed by atoms with Gasteiger partial charge in [0.2, 0.25) is 11.6 Å². The van der Waals surface area contributed by atoms with E-state index in [-0.39, 0.29) is 30.7 Å². The first-order chi connectivity index (χ1) is 16.9. The summed E-state index contributed by atoms with van der Waals surface area (Å²) >= 11 is 1.70. The average molecular weight is 496 g/mol. The van der Waals surface area contributed by atoms with Gasteiger partial charge in [0.1, 0.15) is 0 Å². The highest BCUT2D eigenvalue weighted by atomic mass is 32.2. The Morgan fingerprint density at radius 1 is 1.09 bits per heavy atom. The number of fused-ring (bicyclic) bond motifs is 3. The molecule has 2 aromatic carbocycles. The van der Waals surface area contributed by atoms with Gasteiger partial charge in [0.05, 0.1) is 11.3 Å². The number of carbonyl (C=O) groups excluding carboxylic acids is 4. The Morgan fingerprint density at radius 3 is 2.54 bits per heavy atom. The number of ether oxygens (including phenoxy) is 1. The van der Waals surface area contributed by atoms with Crippen LogP contribution < -0.4 is 10.2 Å². The van der Waals surface area contributed by atoms with E-state index in [1.54, 1.807) is 49.9 Å². The minimum Gasteiger partial charge on any atom is -0.452 e. The molecule has 2 aliphatic rings. The Labute approximate surface area is 209 Å². The molecular weight excluding hydrogens is 466 g/mol. The first-order valence-corrected chi connectivity index (χ1v) is 12.7. The van der Waals surface area contributed by atoms with Crippen molar-refractivity contribution in [3.63, 3.8) is 0 Å². The summed E-state index contributed by atoms with van der Waals surface area (Å²) in [5.74, 6) is -0.940. The maximum Gasteiger partial charge on any atom is 0.354 e. The molecule has 1 N–H and O–H groups in total. The normalized spacial score (nSPS) is 18.9. The number of amides is 3. The molecule has 3 amide bonds. The highest BCUT2D eigenvalue weighted by molar-refractivity contribution is 7.99. The number of para-hydroxylation sites is 1. The summed E-state index contributed by atoms with van der Waals surface area (Å²) in [6.07, 6.45) is 0.977. The standard InChI is InChI=1S/C26H29N3O5S/c1-18(2)28-24(32)20-11-6-7-12-21(20)29-23(31)13-14-26(28,29)25(33)34-17-22(30)27-15-8-16-35-19-9-4-3-5-10-19/h3-7,9-12,18H,8,13-17H2,1-2H3,(H,27,30). The van der Waals surface area contributed by atoms with Crippen LogP contribution in [0.1, 0.15) is 43.5 Å². The summed E-state index contributed by atoms with van der Waals surface area (Å²) in [4.78, 5) is 56.0. The lowest BCUT2D eigenvalue weighted by atomic mass is 9.95. The first kappa shape index (κ1) is 24.8. The molecule has 0 bridgehead atoms. The second kappa shape index (κ2) is 10.5. The van der Waals surface area contributed by atoms with E-state index in [4.69, 9.17) is 4.74 Å². The number of thioether (sulfide) groups is 1. The van der Waals surface area contributed by atoms with Gasteiger partial charge >= 0.3 is 5.97 Å².